The second-order valence-electron chi connectivity index (χ2n) is 5.05. The molecule has 0 spiro atoms. The molecule has 2 aliphatic rings. The van der Waals surface area contributed by atoms with E-state index in [1.807, 2.05) is 0 Å². The van der Waals surface area contributed by atoms with E-state index >= 15 is 0 Å². The van der Waals surface area contributed by atoms with Crippen molar-refractivity contribution in [2.75, 3.05) is 19.6 Å². The minimum absolute atomic E-state index is 0.745. The molecule has 1 heterocycles. The Kier molecular flexibility index (Phi) is 3.81. The quantitative estimate of drug-likeness (QED) is 0.697. The first-order chi connectivity index (χ1) is 7.29. The van der Waals surface area contributed by atoms with Gasteiger partial charge in [0.25, 0.3) is 0 Å². The molecule has 1 saturated carbocycles. The van der Waals surface area contributed by atoms with Gasteiger partial charge in [0.1, 0.15) is 0 Å². The van der Waals surface area contributed by atoms with Crippen molar-refractivity contribution in [2.45, 2.75) is 51.6 Å². The van der Waals surface area contributed by atoms with Crippen LogP contribution >= 0.6 is 0 Å². The molecule has 0 bridgehead atoms. The van der Waals surface area contributed by atoms with Crippen LogP contribution in [0.4, 0.5) is 0 Å². The average Bonchev–Trinajstić information content (AvgIpc) is 3.03. The van der Waals surface area contributed by atoms with E-state index in [1.54, 1.807) is 5.57 Å². The molecular formula is C13H24N2. The summed E-state index contributed by atoms with van der Waals surface area (Å²) in [6.07, 6.45) is 7.70. The Bertz CT molecular complexity index is 231. The number of hydrogen-bond acceptors (Lipinski definition) is 2. The lowest BCUT2D eigenvalue weighted by molar-refractivity contribution is 0.197. The maximum absolute atomic E-state index is 3.66. The summed E-state index contributed by atoms with van der Waals surface area (Å²) >= 11 is 0. The molecule has 2 heteroatoms. The van der Waals surface area contributed by atoms with Gasteiger partial charge in [-0.2, -0.15) is 0 Å². The zero-order valence-electron chi connectivity index (χ0n) is 10.1. The third kappa shape index (κ3) is 3.32. The van der Waals surface area contributed by atoms with E-state index in [4.69, 9.17) is 0 Å². The van der Waals surface area contributed by atoms with Gasteiger partial charge in [0.15, 0.2) is 0 Å². The summed E-state index contributed by atoms with van der Waals surface area (Å²) in [5, 5.41) is 3.66. The topological polar surface area (TPSA) is 15.3 Å². The molecular weight excluding hydrogens is 184 g/mol. The Labute approximate surface area is 93.7 Å². The van der Waals surface area contributed by atoms with Crippen molar-refractivity contribution in [3.63, 3.8) is 0 Å². The van der Waals surface area contributed by atoms with Crippen LogP contribution in [0.25, 0.3) is 0 Å². The first kappa shape index (κ1) is 11.2. The first-order valence-electron chi connectivity index (χ1n) is 6.42. The fourth-order valence-corrected chi connectivity index (χ4v) is 2.37. The lowest BCUT2D eigenvalue weighted by Gasteiger charge is -2.33. The number of nitrogens with zero attached hydrogens (tertiary/aromatic N) is 1. The summed E-state index contributed by atoms with van der Waals surface area (Å²) in [4.78, 5) is 2.64. The Morgan fingerprint density at radius 3 is 2.93 bits per heavy atom. The van der Waals surface area contributed by atoms with Crippen LogP contribution in [0, 0.1) is 0 Å². The van der Waals surface area contributed by atoms with Crippen molar-refractivity contribution in [3.8, 4) is 0 Å². The van der Waals surface area contributed by atoms with Crippen molar-refractivity contribution in [3.05, 3.63) is 11.6 Å². The van der Waals surface area contributed by atoms with Crippen LogP contribution in [0.2, 0.25) is 0 Å². The normalized spacial score (nSPS) is 25.1. The predicted molar refractivity (Wildman–Crippen MR) is 65.1 cm³/mol. The number of rotatable bonds is 5. The van der Waals surface area contributed by atoms with Crippen molar-refractivity contribution >= 4 is 0 Å². The monoisotopic (exact) mass is 208 g/mol. The van der Waals surface area contributed by atoms with Gasteiger partial charge in [0.2, 0.25) is 0 Å². The van der Waals surface area contributed by atoms with E-state index in [9.17, 15) is 0 Å². The predicted octanol–water partition coefficient (Wildman–Crippen LogP) is 2.17. The summed E-state index contributed by atoms with van der Waals surface area (Å²) in [7, 11) is 0. The van der Waals surface area contributed by atoms with E-state index in [2.05, 4.69) is 30.1 Å². The number of hydrogen-bond donors (Lipinski definition) is 1. The summed E-state index contributed by atoms with van der Waals surface area (Å²) in [5.41, 5.74) is 1.55. The first-order valence-corrected chi connectivity index (χ1v) is 6.42. The van der Waals surface area contributed by atoms with E-state index in [-0.39, 0.29) is 0 Å². The lowest BCUT2D eigenvalue weighted by Crippen LogP contribution is -2.44. The molecule has 0 aromatic heterocycles. The highest BCUT2D eigenvalue weighted by molar-refractivity contribution is 5.05. The van der Waals surface area contributed by atoms with Crippen molar-refractivity contribution < 1.29 is 0 Å². The molecule has 1 atom stereocenters. The molecule has 1 aliphatic carbocycles. The van der Waals surface area contributed by atoms with E-state index in [1.165, 1.54) is 45.3 Å². The largest absolute Gasteiger partial charge is 0.312 e. The van der Waals surface area contributed by atoms with E-state index in [0.29, 0.717) is 0 Å². The second kappa shape index (κ2) is 5.13. The minimum Gasteiger partial charge on any atom is -0.312 e. The smallest absolute Gasteiger partial charge is 0.0221 e. The summed E-state index contributed by atoms with van der Waals surface area (Å²) < 4.78 is 0. The van der Waals surface area contributed by atoms with Gasteiger partial charge in [0.05, 0.1) is 0 Å². The van der Waals surface area contributed by atoms with E-state index in [0.717, 1.165) is 12.1 Å². The molecule has 0 saturated heterocycles. The standard InChI is InChI=1S/C13H24N2/c1-3-13(9-14-12-6-7-12)15-8-4-5-11(2)10-15/h5,12-14H,3-4,6-10H2,1-2H3. The van der Waals surface area contributed by atoms with Gasteiger partial charge < -0.3 is 5.32 Å². The molecule has 1 unspecified atom stereocenters. The van der Waals surface area contributed by atoms with Gasteiger partial charge >= 0.3 is 0 Å². The van der Waals surface area contributed by atoms with Gasteiger partial charge in [-0.1, -0.05) is 18.6 Å². The Hall–Kier alpha value is -0.340. The Balaban J connectivity index is 1.79. The van der Waals surface area contributed by atoms with Crippen LogP contribution in [0.1, 0.15) is 39.5 Å². The van der Waals surface area contributed by atoms with Crippen molar-refractivity contribution in [1.29, 1.82) is 0 Å². The van der Waals surface area contributed by atoms with Gasteiger partial charge in [-0.05, 0) is 32.6 Å². The highest BCUT2D eigenvalue weighted by Gasteiger charge is 2.24. The molecule has 1 aliphatic heterocycles. The molecule has 0 aromatic rings. The third-order valence-corrected chi connectivity index (χ3v) is 3.57. The molecule has 1 N–H and O–H groups in total. The molecule has 15 heavy (non-hydrogen) atoms. The fourth-order valence-electron chi connectivity index (χ4n) is 2.37. The molecule has 0 aromatic carbocycles. The lowest BCUT2D eigenvalue weighted by atomic mass is 10.1. The third-order valence-electron chi connectivity index (χ3n) is 3.57. The summed E-state index contributed by atoms with van der Waals surface area (Å²) in [5.74, 6) is 0. The van der Waals surface area contributed by atoms with E-state index < -0.39 is 0 Å². The Morgan fingerprint density at radius 2 is 2.33 bits per heavy atom. The van der Waals surface area contributed by atoms with Gasteiger partial charge in [-0.25, -0.2) is 0 Å². The SMILES string of the molecule is CCC(CNC1CC1)N1CCC=C(C)C1. The maximum atomic E-state index is 3.66. The zero-order chi connectivity index (χ0) is 10.7. The summed E-state index contributed by atoms with van der Waals surface area (Å²) in [6, 6.07) is 1.59. The fraction of sp³-hybridized carbons (Fsp3) is 0.846. The van der Waals surface area contributed by atoms with Gasteiger partial charge in [-0.15, -0.1) is 0 Å². The minimum atomic E-state index is 0.745. The average molecular weight is 208 g/mol. The molecule has 1 fully saturated rings. The second-order valence-corrected chi connectivity index (χ2v) is 5.05. The maximum Gasteiger partial charge on any atom is 0.0221 e. The molecule has 2 rings (SSSR count). The highest BCUT2D eigenvalue weighted by Crippen LogP contribution is 2.20. The van der Waals surface area contributed by atoms with Crippen molar-refractivity contribution in [2.24, 2.45) is 0 Å². The van der Waals surface area contributed by atoms with Crippen LogP contribution in [-0.4, -0.2) is 36.6 Å². The molecule has 0 amide bonds. The van der Waals surface area contributed by atoms with Crippen LogP contribution in [0.15, 0.2) is 11.6 Å². The molecule has 2 nitrogen and oxygen atoms in total. The van der Waals surface area contributed by atoms with Gasteiger partial charge in [0, 0.05) is 31.7 Å². The Morgan fingerprint density at radius 1 is 1.53 bits per heavy atom. The van der Waals surface area contributed by atoms with Crippen molar-refractivity contribution in [1.82, 2.24) is 10.2 Å². The van der Waals surface area contributed by atoms with Crippen LogP contribution < -0.4 is 5.32 Å². The molecule has 0 radical (unpaired) electrons. The highest BCUT2D eigenvalue weighted by atomic mass is 15.2. The zero-order valence-corrected chi connectivity index (χ0v) is 10.1. The van der Waals surface area contributed by atoms with Gasteiger partial charge in [-0.3, -0.25) is 4.90 Å². The van der Waals surface area contributed by atoms with Crippen LogP contribution in [-0.2, 0) is 0 Å². The van der Waals surface area contributed by atoms with Crippen LogP contribution in [0.5, 0.6) is 0 Å². The molecule has 86 valence electrons. The van der Waals surface area contributed by atoms with Crippen LogP contribution in [0.3, 0.4) is 0 Å². The summed E-state index contributed by atoms with van der Waals surface area (Å²) in [6.45, 7) is 8.20. The number of nitrogens with one attached hydrogen (secondary N) is 1.